The SMILES string of the molecule is C=Cc1ccc([C@H]2CC[C@H]([C@H]3CC[C@H](CCC)CC3)CC2)c(F)c1F. The van der Waals surface area contributed by atoms with Crippen molar-refractivity contribution in [2.45, 2.75) is 77.0 Å². The Morgan fingerprint density at radius 3 is 2.08 bits per heavy atom. The molecule has 0 amide bonds. The van der Waals surface area contributed by atoms with Crippen LogP contribution < -0.4 is 0 Å². The Morgan fingerprint density at radius 1 is 0.920 bits per heavy atom. The van der Waals surface area contributed by atoms with E-state index in [1.54, 1.807) is 12.1 Å². The zero-order valence-electron chi connectivity index (χ0n) is 15.6. The van der Waals surface area contributed by atoms with Crippen LogP contribution in [0.15, 0.2) is 18.7 Å². The molecular weight excluding hydrogens is 314 g/mol. The minimum atomic E-state index is -0.733. The first-order valence-corrected chi connectivity index (χ1v) is 10.2. The van der Waals surface area contributed by atoms with Crippen molar-refractivity contribution >= 4 is 6.08 Å². The van der Waals surface area contributed by atoms with Gasteiger partial charge in [-0.2, -0.15) is 0 Å². The van der Waals surface area contributed by atoms with E-state index >= 15 is 0 Å². The monoisotopic (exact) mass is 346 g/mol. The van der Waals surface area contributed by atoms with Crippen molar-refractivity contribution in [1.82, 2.24) is 0 Å². The van der Waals surface area contributed by atoms with Gasteiger partial charge >= 0.3 is 0 Å². The molecule has 138 valence electrons. The van der Waals surface area contributed by atoms with E-state index in [1.165, 1.54) is 57.4 Å². The quantitative estimate of drug-likeness (QED) is 0.518. The van der Waals surface area contributed by atoms with Crippen LogP contribution in [0.4, 0.5) is 8.78 Å². The third kappa shape index (κ3) is 4.15. The van der Waals surface area contributed by atoms with Crippen molar-refractivity contribution in [3.05, 3.63) is 41.5 Å². The van der Waals surface area contributed by atoms with E-state index in [2.05, 4.69) is 13.5 Å². The highest BCUT2D eigenvalue weighted by Gasteiger charge is 2.32. The average Bonchev–Trinajstić information content (AvgIpc) is 2.65. The van der Waals surface area contributed by atoms with E-state index < -0.39 is 11.6 Å². The highest BCUT2D eigenvalue weighted by molar-refractivity contribution is 5.49. The molecule has 2 heteroatoms. The molecule has 0 saturated heterocycles. The summed E-state index contributed by atoms with van der Waals surface area (Å²) in [5.41, 5.74) is 0.840. The van der Waals surface area contributed by atoms with Crippen molar-refractivity contribution in [2.24, 2.45) is 17.8 Å². The summed E-state index contributed by atoms with van der Waals surface area (Å²) in [6.45, 7) is 5.84. The largest absolute Gasteiger partial charge is 0.203 e. The van der Waals surface area contributed by atoms with E-state index in [0.717, 1.165) is 30.6 Å². The maximum atomic E-state index is 14.4. The molecule has 0 unspecified atom stereocenters. The highest BCUT2D eigenvalue weighted by Crippen LogP contribution is 2.45. The molecule has 2 aliphatic carbocycles. The molecule has 0 aliphatic heterocycles. The summed E-state index contributed by atoms with van der Waals surface area (Å²) in [4.78, 5) is 0. The lowest BCUT2D eigenvalue weighted by Gasteiger charge is -2.38. The molecule has 0 heterocycles. The highest BCUT2D eigenvalue weighted by atomic mass is 19.2. The van der Waals surface area contributed by atoms with Gasteiger partial charge in [-0.05, 0) is 67.8 Å². The second-order valence-corrected chi connectivity index (χ2v) is 8.26. The number of hydrogen-bond donors (Lipinski definition) is 0. The number of halogens is 2. The zero-order valence-corrected chi connectivity index (χ0v) is 15.6. The first-order valence-electron chi connectivity index (χ1n) is 10.2. The smallest absolute Gasteiger partial charge is 0.166 e. The standard InChI is InChI=1S/C23H32F2/c1-3-5-16-6-8-18(9-7-16)19-10-12-20(13-11-19)21-15-14-17(4-2)22(24)23(21)25/h4,14-16,18-20H,2-3,5-13H2,1H3/t16-,18-,19-,20-. The minimum absolute atomic E-state index is 0.182. The Balaban J connectivity index is 1.56. The molecule has 25 heavy (non-hydrogen) atoms. The van der Waals surface area contributed by atoms with Gasteiger partial charge in [0, 0.05) is 5.56 Å². The van der Waals surface area contributed by atoms with Crippen LogP contribution in [-0.2, 0) is 0 Å². The predicted molar refractivity (Wildman–Crippen MR) is 102 cm³/mol. The average molecular weight is 347 g/mol. The van der Waals surface area contributed by atoms with E-state index in [0.29, 0.717) is 5.56 Å². The number of hydrogen-bond acceptors (Lipinski definition) is 0. The van der Waals surface area contributed by atoms with Gasteiger partial charge in [-0.25, -0.2) is 8.78 Å². The van der Waals surface area contributed by atoms with Crippen LogP contribution >= 0.6 is 0 Å². The molecule has 0 spiro atoms. The maximum Gasteiger partial charge on any atom is 0.166 e. The van der Waals surface area contributed by atoms with Crippen LogP contribution in [0.2, 0.25) is 0 Å². The molecule has 3 rings (SSSR count). The van der Waals surface area contributed by atoms with E-state index in [4.69, 9.17) is 0 Å². The molecule has 0 N–H and O–H groups in total. The van der Waals surface area contributed by atoms with Gasteiger partial charge in [0.2, 0.25) is 0 Å². The van der Waals surface area contributed by atoms with Gasteiger partial charge in [-0.3, -0.25) is 0 Å². The fourth-order valence-corrected chi connectivity index (χ4v) is 5.31. The van der Waals surface area contributed by atoms with Crippen molar-refractivity contribution in [3.63, 3.8) is 0 Å². The maximum absolute atomic E-state index is 14.4. The van der Waals surface area contributed by atoms with E-state index in [9.17, 15) is 8.78 Å². The lowest BCUT2D eigenvalue weighted by atomic mass is 9.68. The molecule has 0 aromatic heterocycles. The van der Waals surface area contributed by atoms with Crippen LogP contribution in [0.1, 0.15) is 88.2 Å². The van der Waals surface area contributed by atoms with Gasteiger partial charge in [0.05, 0.1) is 0 Å². The Bertz CT molecular complexity index is 576. The van der Waals surface area contributed by atoms with E-state index in [-0.39, 0.29) is 11.5 Å². The summed E-state index contributed by atoms with van der Waals surface area (Å²) in [5.74, 6) is 1.43. The van der Waals surface area contributed by atoms with Gasteiger partial charge in [0.1, 0.15) is 0 Å². The van der Waals surface area contributed by atoms with Gasteiger partial charge in [0.25, 0.3) is 0 Å². The van der Waals surface area contributed by atoms with Crippen LogP contribution in [0.25, 0.3) is 6.08 Å². The normalized spacial score (nSPS) is 30.2. The second-order valence-electron chi connectivity index (χ2n) is 8.26. The molecule has 1 aromatic carbocycles. The fourth-order valence-electron chi connectivity index (χ4n) is 5.31. The first kappa shape index (κ1) is 18.6. The number of benzene rings is 1. The third-order valence-corrected chi connectivity index (χ3v) is 6.83. The molecule has 0 atom stereocenters. The van der Waals surface area contributed by atoms with Gasteiger partial charge in [0.15, 0.2) is 11.6 Å². The Kier molecular flexibility index (Phi) is 6.30. The lowest BCUT2D eigenvalue weighted by Crippen LogP contribution is -2.25. The predicted octanol–water partition coefficient (Wildman–Crippen LogP) is 7.49. The third-order valence-electron chi connectivity index (χ3n) is 6.83. The topological polar surface area (TPSA) is 0 Å². The van der Waals surface area contributed by atoms with Crippen LogP contribution in [0.3, 0.4) is 0 Å². The molecular formula is C23H32F2. The minimum Gasteiger partial charge on any atom is -0.203 e. The van der Waals surface area contributed by atoms with Crippen LogP contribution in [0.5, 0.6) is 0 Å². The molecule has 2 fully saturated rings. The molecule has 0 radical (unpaired) electrons. The number of rotatable bonds is 5. The van der Waals surface area contributed by atoms with Crippen molar-refractivity contribution in [3.8, 4) is 0 Å². The van der Waals surface area contributed by atoms with Gasteiger partial charge in [-0.1, -0.05) is 57.4 Å². The van der Waals surface area contributed by atoms with Crippen molar-refractivity contribution < 1.29 is 8.78 Å². The Labute approximate surface area is 151 Å². The van der Waals surface area contributed by atoms with E-state index in [1.807, 2.05) is 0 Å². The summed E-state index contributed by atoms with van der Waals surface area (Å²) in [7, 11) is 0. The summed E-state index contributed by atoms with van der Waals surface area (Å²) >= 11 is 0. The van der Waals surface area contributed by atoms with Crippen molar-refractivity contribution in [1.29, 1.82) is 0 Å². The second kappa shape index (κ2) is 8.47. The summed E-state index contributed by atoms with van der Waals surface area (Å²) < 4.78 is 28.4. The van der Waals surface area contributed by atoms with Gasteiger partial charge in [-0.15, -0.1) is 0 Å². The summed E-state index contributed by atoms with van der Waals surface area (Å²) in [6.07, 6.45) is 14.0. The fraction of sp³-hybridized carbons (Fsp3) is 0.652. The lowest BCUT2D eigenvalue weighted by molar-refractivity contribution is 0.156. The van der Waals surface area contributed by atoms with Crippen LogP contribution in [0, 0.1) is 29.4 Å². The van der Waals surface area contributed by atoms with Gasteiger partial charge < -0.3 is 0 Å². The Hall–Kier alpha value is -1.18. The van der Waals surface area contributed by atoms with Crippen molar-refractivity contribution in [2.75, 3.05) is 0 Å². The molecule has 0 bridgehead atoms. The van der Waals surface area contributed by atoms with Crippen LogP contribution in [-0.4, -0.2) is 0 Å². The summed E-state index contributed by atoms with van der Waals surface area (Å²) in [6, 6.07) is 3.44. The molecule has 2 aliphatic rings. The molecule has 0 nitrogen and oxygen atoms in total. The Morgan fingerprint density at radius 2 is 1.52 bits per heavy atom. The zero-order chi connectivity index (χ0) is 17.8. The first-order chi connectivity index (χ1) is 12.1. The molecule has 2 saturated carbocycles. The molecule has 1 aromatic rings. The summed E-state index contributed by atoms with van der Waals surface area (Å²) in [5, 5.41) is 0.